The molecule has 0 fully saturated rings. The van der Waals surface area contributed by atoms with Crippen LogP contribution in [0.1, 0.15) is 25.6 Å². The molecule has 4 aromatic rings. The van der Waals surface area contributed by atoms with Gasteiger partial charge in [0.25, 0.3) is 0 Å². The Kier molecular flexibility index (Phi) is 4.41. The predicted octanol–water partition coefficient (Wildman–Crippen LogP) is 6.28. The van der Waals surface area contributed by atoms with E-state index in [-0.39, 0.29) is 0 Å². The summed E-state index contributed by atoms with van der Waals surface area (Å²) in [6.45, 7) is 6.88. The van der Waals surface area contributed by atoms with Gasteiger partial charge in [-0.15, -0.1) is 0 Å². The van der Waals surface area contributed by atoms with Gasteiger partial charge in [0.05, 0.1) is 0 Å². The number of nitrogens with zero attached hydrogens (tertiary/aromatic N) is 1. The van der Waals surface area contributed by atoms with Gasteiger partial charge >= 0.3 is 159 Å². The number of aromatic nitrogens is 1. The Morgan fingerprint density at radius 3 is 2.64 bits per heavy atom. The van der Waals surface area contributed by atoms with E-state index in [1.165, 1.54) is 29.4 Å². The van der Waals surface area contributed by atoms with Crippen molar-refractivity contribution in [1.29, 1.82) is 0 Å². The van der Waals surface area contributed by atoms with Crippen molar-refractivity contribution >= 4 is 35.5 Å². The van der Waals surface area contributed by atoms with Crippen LogP contribution in [-0.2, 0) is 6.42 Å². The van der Waals surface area contributed by atoms with Crippen molar-refractivity contribution in [3.05, 3.63) is 65.7 Å². The van der Waals surface area contributed by atoms with Crippen molar-refractivity contribution in [2.24, 2.45) is 5.41 Å². The topological polar surface area (TPSA) is 12.9 Å². The van der Waals surface area contributed by atoms with Gasteiger partial charge in [-0.05, 0) is 0 Å². The second-order valence-electron chi connectivity index (χ2n) is 7.58. The second-order valence-corrected chi connectivity index (χ2v) is 11.0. The quantitative estimate of drug-likeness (QED) is 0.363. The van der Waals surface area contributed by atoms with Crippen molar-refractivity contribution in [2.45, 2.75) is 27.2 Å². The van der Waals surface area contributed by atoms with Crippen molar-refractivity contribution < 1.29 is 0 Å². The first-order valence-electron chi connectivity index (χ1n) is 8.52. The van der Waals surface area contributed by atoms with Gasteiger partial charge in [0.15, 0.2) is 0 Å². The summed E-state index contributed by atoms with van der Waals surface area (Å²) in [7, 11) is 0. The molecule has 0 amide bonds. The monoisotopic (exact) mass is 411 g/mol. The number of hydrogen-bond acceptors (Lipinski definition) is 2. The van der Waals surface area contributed by atoms with E-state index in [1.807, 2.05) is 17.5 Å². The zero-order valence-electron chi connectivity index (χ0n) is 14.7. The number of hydrogen-bond donors (Lipinski definition) is 0. The molecule has 0 aliphatic carbocycles. The third-order valence-electron chi connectivity index (χ3n) is 4.09. The van der Waals surface area contributed by atoms with Gasteiger partial charge in [-0.25, -0.2) is 0 Å². The molecule has 25 heavy (non-hydrogen) atoms. The molecule has 3 heteroatoms. The molecule has 0 atom stereocenters. The van der Waals surface area contributed by atoms with Crippen LogP contribution in [0.2, 0.25) is 0 Å². The first-order valence-corrected chi connectivity index (χ1v) is 11.0. The number of pyridine rings is 1. The first-order chi connectivity index (χ1) is 12.0. The maximum atomic E-state index is 4.65. The van der Waals surface area contributed by atoms with Crippen LogP contribution in [0.4, 0.5) is 0 Å². The molecule has 1 nitrogen and oxygen atoms in total. The molecule has 0 unspecified atom stereocenters. The number of fused-ring (bicyclic) bond motifs is 1. The molecule has 0 N–H and O–H groups in total. The predicted molar refractivity (Wildman–Crippen MR) is 111 cm³/mol. The first kappa shape index (κ1) is 16.8. The normalized spacial score (nSPS) is 12.0. The summed E-state index contributed by atoms with van der Waals surface area (Å²) >= 11 is 2.27. The Balaban J connectivity index is 1.67. The second kappa shape index (κ2) is 6.57. The zero-order chi connectivity index (χ0) is 17.4. The van der Waals surface area contributed by atoms with Crippen LogP contribution in [0.25, 0.3) is 30.2 Å². The molecule has 0 bridgehead atoms. The van der Waals surface area contributed by atoms with Crippen molar-refractivity contribution in [1.82, 2.24) is 4.98 Å². The van der Waals surface area contributed by atoms with Crippen LogP contribution in [0.15, 0.2) is 60.8 Å². The molecule has 3 aromatic heterocycles. The summed E-state index contributed by atoms with van der Waals surface area (Å²) in [5.74, 6) is 0. The maximum absolute atomic E-state index is 4.65. The van der Waals surface area contributed by atoms with E-state index >= 15 is 0 Å². The van der Waals surface area contributed by atoms with E-state index in [1.54, 1.807) is 0 Å². The Hall–Kier alpha value is -1.67. The minimum atomic E-state index is 0.328. The summed E-state index contributed by atoms with van der Waals surface area (Å²) in [6, 6.07) is 19.9. The molecule has 0 radical (unpaired) electrons. The Morgan fingerprint density at radius 2 is 1.84 bits per heavy atom. The minimum absolute atomic E-state index is 0.328. The summed E-state index contributed by atoms with van der Waals surface area (Å²) in [6.07, 6.45) is 3.08. The van der Waals surface area contributed by atoms with Crippen molar-refractivity contribution in [2.75, 3.05) is 0 Å². The van der Waals surface area contributed by atoms with Crippen molar-refractivity contribution in [3.8, 4) is 20.6 Å². The van der Waals surface area contributed by atoms with Gasteiger partial charge in [-0.1, -0.05) is 0 Å². The summed E-state index contributed by atoms with van der Waals surface area (Å²) in [5.41, 5.74) is 2.73. The molecular formula is C22H21NSSe. The summed E-state index contributed by atoms with van der Waals surface area (Å²) in [5, 5.41) is 1.35. The molecule has 126 valence electrons. The standard InChI is InChI=1S/C22H21NSSe/c1-22(2,3)14-17-8-9-19(24-17)15-10-11-23-18(12-15)21-13-16-6-4-5-7-20(16)25-21/h4-13H,14H2,1-3H3. The van der Waals surface area contributed by atoms with E-state index in [2.05, 4.69) is 80.4 Å². The van der Waals surface area contributed by atoms with E-state index in [4.69, 9.17) is 0 Å². The Morgan fingerprint density at radius 1 is 1.00 bits per heavy atom. The SMILES string of the molecule is CC(C)(C)Cc1ccc(-c2ccnc(-c3cc4ccccc4[se]3)c2)s1. The van der Waals surface area contributed by atoms with E-state index in [0.717, 1.165) is 12.1 Å². The van der Waals surface area contributed by atoms with E-state index in [0.29, 0.717) is 19.9 Å². The van der Waals surface area contributed by atoms with Crippen LogP contribution >= 0.6 is 11.3 Å². The van der Waals surface area contributed by atoms with Gasteiger partial charge in [-0.3, -0.25) is 0 Å². The van der Waals surface area contributed by atoms with Gasteiger partial charge in [0.2, 0.25) is 0 Å². The van der Waals surface area contributed by atoms with Crippen LogP contribution in [0.3, 0.4) is 0 Å². The van der Waals surface area contributed by atoms with Crippen LogP contribution in [0, 0.1) is 5.41 Å². The van der Waals surface area contributed by atoms with Gasteiger partial charge in [0.1, 0.15) is 0 Å². The summed E-state index contributed by atoms with van der Waals surface area (Å²) in [4.78, 5) is 7.44. The van der Waals surface area contributed by atoms with Gasteiger partial charge < -0.3 is 0 Å². The molecule has 1 aromatic carbocycles. The molecule has 0 spiro atoms. The van der Waals surface area contributed by atoms with Crippen molar-refractivity contribution in [3.63, 3.8) is 0 Å². The molecule has 0 aliphatic heterocycles. The Bertz CT molecular complexity index is 987. The molecule has 0 saturated heterocycles. The molecule has 0 saturated carbocycles. The molecule has 0 aliphatic rings. The number of rotatable bonds is 3. The van der Waals surface area contributed by atoms with Crippen LogP contribution in [-0.4, -0.2) is 19.5 Å². The average Bonchev–Trinajstić information content (AvgIpc) is 3.20. The zero-order valence-corrected chi connectivity index (χ0v) is 17.3. The molecule has 3 heterocycles. The fraction of sp³-hybridized carbons (Fsp3) is 0.227. The fourth-order valence-corrected chi connectivity index (χ4v) is 6.44. The third kappa shape index (κ3) is 3.79. The molecule has 4 rings (SSSR count). The van der Waals surface area contributed by atoms with Gasteiger partial charge in [0, 0.05) is 0 Å². The number of thiophene rings is 1. The third-order valence-corrected chi connectivity index (χ3v) is 7.61. The summed E-state index contributed by atoms with van der Waals surface area (Å²) < 4.78 is 2.84. The average molecular weight is 410 g/mol. The van der Waals surface area contributed by atoms with E-state index in [9.17, 15) is 0 Å². The van der Waals surface area contributed by atoms with Crippen LogP contribution in [0.5, 0.6) is 0 Å². The number of benzene rings is 1. The van der Waals surface area contributed by atoms with Gasteiger partial charge in [-0.2, -0.15) is 0 Å². The molecular weight excluding hydrogens is 389 g/mol. The van der Waals surface area contributed by atoms with E-state index < -0.39 is 0 Å². The fourth-order valence-electron chi connectivity index (χ4n) is 2.98. The Labute approximate surface area is 159 Å². The van der Waals surface area contributed by atoms with Crippen LogP contribution < -0.4 is 0 Å².